The summed E-state index contributed by atoms with van der Waals surface area (Å²) in [7, 11) is 4.77. The SMILES string of the molecule is COc1ccc(CCN2C(=O)N[C@@H](CC(=O)N3CCc4cc(OC)c(OC)cc4C3)C2=O)cc1. The maximum atomic E-state index is 13.0. The maximum absolute atomic E-state index is 13.0. The van der Waals surface area contributed by atoms with Crippen LogP contribution in [0.1, 0.15) is 23.1 Å². The minimum atomic E-state index is -0.845. The van der Waals surface area contributed by atoms with E-state index in [0.717, 1.165) is 22.4 Å². The van der Waals surface area contributed by atoms with Gasteiger partial charge in [-0.3, -0.25) is 14.5 Å². The van der Waals surface area contributed by atoms with Crippen molar-refractivity contribution in [3.8, 4) is 17.2 Å². The molecule has 1 saturated heterocycles. The van der Waals surface area contributed by atoms with E-state index in [2.05, 4.69) is 5.32 Å². The highest BCUT2D eigenvalue weighted by Crippen LogP contribution is 2.33. The van der Waals surface area contributed by atoms with Crippen molar-refractivity contribution in [3.63, 3.8) is 0 Å². The topological polar surface area (TPSA) is 97.4 Å². The van der Waals surface area contributed by atoms with E-state index < -0.39 is 12.1 Å². The second-order valence-electron chi connectivity index (χ2n) is 8.34. The number of nitrogens with one attached hydrogen (secondary N) is 1. The molecule has 0 aliphatic carbocycles. The molecular formula is C25H29N3O6. The molecule has 9 heteroatoms. The number of ether oxygens (including phenoxy) is 3. The van der Waals surface area contributed by atoms with E-state index in [1.165, 1.54) is 4.90 Å². The van der Waals surface area contributed by atoms with Crippen LogP contribution in [0.5, 0.6) is 17.2 Å². The highest BCUT2D eigenvalue weighted by atomic mass is 16.5. The van der Waals surface area contributed by atoms with Crippen LogP contribution in [0.25, 0.3) is 0 Å². The Balaban J connectivity index is 1.35. The molecular weight excluding hydrogens is 438 g/mol. The smallest absolute Gasteiger partial charge is 0.324 e. The van der Waals surface area contributed by atoms with Gasteiger partial charge < -0.3 is 24.4 Å². The van der Waals surface area contributed by atoms with Crippen molar-refractivity contribution in [3.05, 3.63) is 53.1 Å². The summed E-state index contributed by atoms with van der Waals surface area (Å²) in [5.74, 6) is 1.48. The van der Waals surface area contributed by atoms with Crippen LogP contribution in [0.15, 0.2) is 36.4 Å². The van der Waals surface area contributed by atoms with Gasteiger partial charge in [0, 0.05) is 19.6 Å². The van der Waals surface area contributed by atoms with Gasteiger partial charge in [0.1, 0.15) is 11.8 Å². The summed E-state index contributed by atoms with van der Waals surface area (Å²) in [6.07, 6.45) is 1.14. The van der Waals surface area contributed by atoms with Crippen LogP contribution < -0.4 is 19.5 Å². The highest BCUT2D eigenvalue weighted by molar-refractivity contribution is 6.05. The number of methoxy groups -OCH3 is 3. The fourth-order valence-corrected chi connectivity index (χ4v) is 4.36. The molecule has 0 bridgehead atoms. The third-order valence-electron chi connectivity index (χ3n) is 6.34. The molecule has 9 nitrogen and oxygen atoms in total. The monoisotopic (exact) mass is 467 g/mol. The molecule has 4 rings (SSSR count). The number of carbonyl (C=O) groups is 3. The number of imide groups is 1. The van der Waals surface area contributed by atoms with Crippen molar-refractivity contribution in [2.24, 2.45) is 0 Å². The Bertz CT molecular complexity index is 1080. The van der Waals surface area contributed by atoms with Crippen molar-refractivity contribution < 1.29 is 28.6 Å². The molecule has 2 heterocycles. The van der Waals surface area contributed by atoms with E-state index in [1.54, 1.807) is 26.2 Å². The number of amides is 4. The van der Waals surface area contributed by atoms with Gasteiger partial charge in [0.15, 0.2) is 11.5 Å². The van der Waals surface area contributed by atoms with E-state index in [-0.39, 0.29) is 24.8 Å². The van der Waals surface area contributed by atoms with Gasteiger partial charge in [-0.05, 0) is 53.8 Å². The Morgan fingerprint density at radius 3 is 2.32 bits per heavy atom. The predicted molar refractivity (Wildman–Crippen MR) is 124 cm³/mol. The van der Waals surface area contributed by atoms with Crippen molar-refractivity contribution in [2.75, 3.05) is 34.4 Å². The maximum Gasteiger partial charge on any atom is 0.324 e. The molecule has 2 aromatic rings. The minimum absolute atomic E-state index is 0.0633. The number of hydrogen-bond donors (Lipinski definition) is 1. The number of benzene rings is 2. The molecule has 0 aromatic heterocycles. The number of fused-ring (bicyclic) bond motifs is 1. The summed E-state index contributed by atoms with van der Waals surface area (Å²) in [4.78, 5) is 41.1. The zero-order valence-corrected chi connectivity index (χ0v) is 19.6. The quantitative estimate of drug-likeness (QED) is 0.598. The molecule has 2 aliphatic rings. The zero-order chi connectivity index (χ0) is 24.2. The summed E-state index contributed by atoms with van der Waals surface area (Å²) < 4.78 is 15.9. The average Bonchev–Trinajstić information content (AvgIpc) is 3.13. The second-order valence-corrected chi connectivity index (χ2v) is 8.34. The number of rotatable bonds is 8. The Labute approximate surface area is 198 Å². The average molecular weight is 468 g/mol. The largest absolute Gasteiger partial charge is 0.497 e. The van der Waals surface area contributed by atoms with Crippen LogP contribution in [0.2, 0.25) is 0 Å². The first-order valence-corrected chi connectivity index (χ1v) is 11.2. The molecule has 1 atom stereocenters. The van der Waals surface area contributed by atoms with E-state index in [4.69, 9.17) is 14.2 Å². The fourth-order valence-electron chi connectivity index (χ4n) is 4.36. The summed E-state index contributed by atoms with van der Waals surface area (Å²) in [6, 6.07) is 10.00. The van der Waals surface area contributed by atoms with Crippen molar-refractivity contribution >= 4 is 17.8 Å². The lowest BCUT2D eigenvalue weighted by Crippen LogP contribution is -2.41. The Morgan fingerprint density at radius 1 is 1.00 bits per heavy atom. The first kappa shape index (κ1) is 23.4. The molecule has 2 aromatic carbocycles. The molecule has 2 aliphatic heterocycles. The van der Waals surface area contributed by atoms with Gasteiger partial charge in [0.2, 0.25) is 5.91 Å². The van der Waals surface area contributed by atoms with Crippen LogP contribution in [0.3, 0.4) is 0 Å². The third kappa shape index (κ3) is 4.78. The van der Waals surface area contributed by atoms with Crippen LogP contribution >= 0.6 is 0 Å². The van der Waals surface area contributed by atoms with Crippen LogP contribution in [-0.4, -0.2) is 68.1 Å². The lowest BCUT2D eigenvalue weighted by molar-refractivity contribution is -0.136. The fraction of sp³-hybridized carbons (Fsp3) is 0.400. The number of nitrogens with zero attached hydrogens (tertiary/aromatic N) is 2. The molecule has 4 amide bonds. The highest BCUT2D eigenvalue weighted by Gasteiger charge is 2.39. The predicted octanol–water partition coefficient (Wildman–Crippen LogP) is 2.15. The molecule has 34 heavy (non-hydrogen) atoms. The van der Waals surface area contributed by atoms with Crippen molar-refractivity contribution in [1.82, 2.24) is 15.1 Å². The number of urea groups is 1. The van der Waals surface area contributed by atoms with Gasteiger partial charge in [-0.1, -0.05) is 12.1 Å². The van der Waals surface area contributed by atoms with E-state index in [1.807, 2.05) is 36.4 Å². The first-order chi connectivity index (χ1) is 16.4. The first-order valence-electron chi connectivity index (χ1n) is 11.2. The summed E-state index contributed by atoms with van der Waals surface area (Å²) in [5.41, 5.74) is 3.08. The Kier molecular flexibility index (Phi) is 6.90. The normalized spacial score (nSPS) is 17.3. The summed E-state index contributed by atoms with van der Waals surface area (Å²) in [6.45, 7) is 1.21. The summed E-state index contributed by atoms with van der Waals surface area (Å²) in [5, 5.41) is 2.66. The van der Waals surface area contributed by atoms with E-state index in [0.29, 0.717) is 37.4 Å². The third-order valence-corrected chi connectivity index (χ3v) is 6.34. The van der Waals surface area contributed by atoms with Gasteiger partial charge >= 0.3 is 6.03 Å². The lowest BCUT2D eigenvalue weighted by atomic mass is 9.98. The molecule has 0 unspecified atom stereocenters. The van der Waals surface area contributed by atoms with Gasteiger partial charge in [-0.15, -0.1) is 0 Å². The van der Waals surface area contributed by atoms with Crippen LogP contribution in [0, 0.1) is 0 Å². The number of carbonyl (C=O) groups excluding carboxylic acids is 3. The second kappa shape index (κ2) is 10.0. The van der Waals surface area contributed by atoms with Crippen LogP contribution in [-0.2, 0) is 29.0 Å². The molecule has 1 fully saturated rings. The lowest BCUT2D eigenvalue weighted by Gasteiger charge is -2.30. The Morgan fingerprint density at radius 2 is 1.68 bits per heavy atom. The van der Waals surface area contributed by atoms with Crippen molar-refractivity contribution in [1.29, 1.82) is 0 Å². The van der Waals surface area contributed by atoms with Crippen LogP contribution in [0.4, 0.5) is 4.79 Å². The minimum Gasteiger partial charge on any atom is -0.497 e. The number of hydrogen-bond acceptors (Lipinski definition) is 6. The summed E-state index contributed by atoms with van der Waals surface area (Å²) >= 11 is 0. The van der Waals surface area contributed by atoms with Gasteiger partial charge in [0.25, 0.3) is 5.91 Å². The Hall–Kier alpha value is -3.75. The van der Waals surface area contributed by atoms with E-state index in [9.17, 15) is 14.4 Å². The van der Waals surface area contributed by atoms with E-state index >= 15 is 0 Å². The molecule has 180 valence electrons. The zero-order valence-electron chi connectivity index (χ0n) is 19.6. The van der Waals surface area contributed by atoms with Gasteiger partial charge in [-0.25, -0.2) is 4.79 Å². The molecule has 0 saturated carbocycles. The molecule has 0 radical (unpaired) electrons. The van der Waals surface area contributed by atoms with Gasteiger partial charge in [0.05, 0.1) is 27.8 Å². The van der Waals surface area contributed by atoms with Crippen molar-refractivity contribution in [2.45, 2.75) is 31.8 Å². The molecule has 0 spiro atoms. The molecule has 1 N–H and O–H groups in total. The van der Waals surface area contributed by atoms with Gasteiger partial charge in [-0.2, -0.15) is 0 Å². The standard InChI is InChI=1S/C25H29N3O6/c1-32-19-6-4-16(5-7-19)8-11-28-24(30)20(26-25(28)31)14-23(29)27-10-9-17-12-21(33-2)22(34-3)13-18(17)15-27/h4-7,12-13,20H,8-11,14-15H2,1-3H3,(H,26,31)/t20-/m0/s1.